The van der Waals surface area contributed by atoms with Crippen molar-refractivity contribution < 1.29 is 14.3 Å². The molecule has 0 bridgehead atoms. The summed E-state index contributed by atoms with van der Waals surface area (Å²) in [5.41, 5.74) is 4.30. The van der Waals surface area contributed by atoms with E-state index in [1.54, 1.807) is 7.11 Å². The number of rotatable bonds is 8. The van der Waals surface area contributed by atoms with E-state index >= 15 is 0 Å². The van der Waals surface area contributed by atoms with Crippen LogP contribution in [0.4, 0.5) is 5.69 Å². The van der Waals surface area contributed by atoms with Gasteiger partial charge >= 0.3 is 0 Å². The van der Waals surface area contributed by atoms with Crippen molar-refractivity contribution >= 4 is 11.6 Å². The number of allylic oxidation sites excluding steroid dienone is 2. The van der Waals surface area contributed by atoms with E-state index in [0.29, 0.717) is 37.2 Å². The third kappa shape index (κ3) is 4.21. The van der Waals surface area contributed by atoms with Gasteiger partial charge in [0.05, 0.1) is 12.6 Å². The summed E-state index contributed by atoms with van der Waals surface area (Å²) in [4.78, 5) is 12.6. The fraction of sp³-hybridized carbons (Fsp3) is 0.400. The molecule has 3 atom stereocenters. The van der Waals surface area contributed by atoms with Crippen LogP contribution in [-0.4, -0.2) is 32.8 Å². The van der Waals surface area contributed by atoms with E-state index in [4.69, 9.17) is 9.47 Å². The molecule has 0 saturated heterocycles. The number of fused-ring (bicyclic) bond motifs is 3. The van der Waals surface area contributed by atoms with Crippen molar-refractivity contribution in [2.75, 3.05) is 32.2 Å². The lowest BCUT2D eigenvalue weighted by Gasteiger charge is -2.37. The van der Waals surface area contributed by atoms with Crippen molar-refractivity contribution in [3.05, 3.63) is 71.3 Å². The van der Waals surface area contributed by atoms with Gasteiger partial charge in [0.15, 0.2) is 0 Å². The van der Waals surface area contributed by atoms with Crippen LogP contribution in [0, 0.1) is 5.92 Å². The fourth-order valence-corrected chi connectivity index (χ4v) is 4.52. The molecule has 5 heteroatoms. The van der Waals surface area contributed by atoms with Gasteiger partial charge in [0.1, 0.15) is 5.75 Å². The smallest absolute Gasteiger partial charge is 0.251 e. The van der Waals surface area contributed by atoms with E-state index < -0.39 is 0 Å². The molecule has 30 heavy (non-hydrogen) atoms. The van der Waals surface area contributed by atoms with Gasteiger partial charge < -0.3 is 20.1 Å². The summed E-state index contributed by atoms with van der Waals surface area (Å²) in [6.45, 7) is 3.94. The Hall–Kier alpha value is -2.79. The van der Waals surface area contributed by atoms with Crippen molar-refractivity contribution in [3.8, 4) is 5.75 Å². The van der Waals surface area contributed by atoms with Crippen LogP contribution in [0.2, 0.25) is 0 Å². The molecule has 2 aliphatic rings. The van der Waals surface area contributed by atoms with Crippen LogP contribution in [-0.2, 0) is 4.74 Å². The molecule has 5 nitrogen and oxygen atoms in total. The predicted octanol–water partition coefficient (Wildman–Crippen LogP) is 4.68. The molecule has 1 aliphatic carbocycles. The summed E-state index contributed by atoms with van der Waals surface area (Å²) in [5.74, 6) is 1.63. The molecule has 2 N–H and O–H groups in total. The first-order chi connectivity index (χ1) is 14.7. The van der Waals surface area contributed by atoms with Crippen LogP contribution >= 0.6 is 0 Å². The Balaban J connectivity index is 1.54. The second-order valence-corrected chi connectivity index (χ2v) is 7.88. The zero-order valence-electron chi connectivity index (χ0n) is 17.7. The molecule has 2 aromatic carbocycles. The van der Waals surface area contributed by atoms with Gasteiger partial charge in [0.25, 0.3) is 5.91 Å². The number of hydrogen-bond acceptors (Lipinski definition) is 4. The van der Waals surface area contributed by atoms with E-state index in [0.717, 1.165) is 24.3 Å². The van der Waals surface area contributed by atoms with E-state index in [1.807, 2.05) is 31.2 Å². The quantitative estimate of drug-likeness (QED) is 0.494. The topological polar surface area (TPSA) is 59.6 Å². The number of nitrogens with one attached hydrogen (secondary N) is 2. The Kier molecular flexibility index (Phi) is 6.38. The minimum Gasteiger partial charge on any atom is -0.494 e. The third-order valence-corrected chi connectivity index (χ3v) is 5.99. The Morgan fingerprint density at radius 2 is 2.03 bits per heavy atom. The van der Waals surface area contributed by atoms with Crippen LogP contribution in [0.15, 0.2) is 54.6 Å². The number of amides is 1. The van der Waals surface area contributed by atoms with Gasteiger partial charge in [0.2, 0.25) is 0 Å². The number of benzene rings is 2. The van der Waals surface area contributed by atoms with Crippen LogP contribution in [0.1, 0.15) is 53.2 Å². The maximum atomic E-state index is 12.6. The third-order valence-electron chi connectivity index (χ3n) is 5.99. The fourth-order valence-electron chi connectivity index (χ4n) is 4.52. The van der Waals surface area contributed by atoms with Crippen molar-refractivity contribution in [1.82, 2.24) is 5.32 Å². The zero-order valence-corrected chi connectivity index (χ0v) is 17.7. The van der Waals surface area contributed by atoms with E-state index in [1.165, 1.54) is 11.1 Å². The van der Waals surface area contributed by atoms with Crippen molar-refractivity contribution in [1.29, 1.82) is 0 Å². The summed E-state index contributed by atoms with van der Waals surface area (Å²) in [5, 5.41) is 6.71. The molecule has 1 aliphatic heterocycles. The standard InChI is InChI=1S/C25H30N2O3/c1-3-30-19-11-8-17(9-12-19)24-21-7-4-6-20(21)22-16-18(10-13-23(22)27-24)25(28)26-14-5-15-29-2/h4,6,8-13,16,20-21,24,27H,3,5,7,14-15H2,1-2H3,(H,26,28). The highest BCUT2D eigenvalue weighted by Gasteiger charge is 2.38. The minimum atomic E-state index is -0.0268. The molecule has 0 spiro atoms. The molecule has 1 amide bonds. The lowest BCUT2D eigenvalue weighted by molar-refractivity contribution is 0.0948. The molecule has 158 valence electrons. The van der Waals surface area contributed by atoms with E-state index in [2.05, 4.69) is 41.0 Å². The van der Waals surface area contributed by atoms with Crippen molar-refractivity contribution in [2.24, 2.45) is 5.92 Å². The number of ether oxygens (including phenoxy) is 2. The Morgan fingerprint density at radius 1 is 1.20 bits per heavy atom. The first-order valence-corrected chi connectivity index (χ1v) is 10.8. The molecule has 3 unspecified atom stereocenters. The largest absolute Gasteiger partial charge is 0.494 e. The number of methoxy groups -OCH3 is 1. The Labute approximate surface area is 178 Å². The second-order valence-electron chi connectivity index (χ2n) is 7.88. The van der Waals surface area contributed by atoms with Gasteiger partial charge in [-0.2, -0.15) is 0 Å². The van der Waals surface area contributed by atoms with Crippen LogP contribution in [0.25, 0.3) is 0 Å². The molecule has 0 aromatic heterocycles. The first kappa shape index (κ1) is 20.5. The highest BCUT2D eigenvalue weighted by Crippen LogP contribution is 2.50. The first-order valence-electron chi connectivity index (χ1n) is 10.8. The molecule has 1 heterocycles. The summed E-state index contributed by atoms with van der Waals surface area (Å²) < 4.78 is 10.6. The van der Waals surface area contributed by atoms with Crippen LogP contribution in [0.3, 0.4) is 0 Å². The SMILES string of the molecule is CCOc1ccc(C2Nc3ccc(C(=O)NCCCOC)cc3C3C=CCC32)cc1. The monoisotopic (exact) mass is 406 g/mol. The number of carbonyl (C=O) groups is 1. The summed E-state index contributed by atoms with van der Waals surface area (Å²) >= 11 is 0. The summed E-state index contributed by atoms with van der Waals surface area (Å²) in [6.07, 6.45) is 6.41. The van der Waals surface area contributed by atoms with E-state index in [9.17, 15) is 4.79 Å². The lowest BCUT2D eigenvalue weighted by Crippen LogP contribution is -2.30. The average molecular weight is 407 g/mol. The van der Waals surface area contributed by atoms with Gasteiger partial charge in [-0.05, 0) is 67.1 Å². The van der Waals surface area contributed by atoms with Crippen molar-refractivity contribution in [2.45, 2.75) is 31.7 Å². The highest BCUT2D eigenvalue weighted by atomic mass is 16.5. The Bertz CT molecular complexity index is 907. The molecule has 4 rings (SSSR count). The maximum absolute atomic E-state index is 12.6. The molecule has 0 saturated carbocycles. The van der Waals surface area contributed by atoms with Gasteiger partial charge in [-0.1, -0.05) is 24.3 Å². The number of anilines is 1. The van der Waals surface area contributed by atoms with Crippen LogP contribution in [0.5, 0.6) is 5.75 Å². The summed E-state index contributed by atoms with van der Waals surface area (Å²) in [6, 6.07) is 14.6. The normalized spacial score (nSPS) is 21.5. The minimum absolute atomic E-state index is 0.0268. The lowest BCUT2D eigenvalue weighted by atomic mass is 9.76. The molecular weight excluding hydrogens is 376 g/mol. The number of hydrogen-bond donors (Lipinski definition) is 2. The second kappa shape index (κ2) is 9.35. The average Bonchev–Trinajstić information content (AvgIpc) is 3.27. The van der Waals surface area contributed by atoms with Gasteiger partial charge in [-0.25, -0.2) is 0 Å². The molecule has 0 fully saturated rings. The van der Waals surface area contributed by atoms with Gasteiger partial charge in [-0.15, -0.1) is 0 Å². The van der Waals surface area contributed by atoms with E-state index in [-0.39, 0.29) is 11.9 Å². The molecule has 2 aromatic rings. The summed E-state index contributed by atoms with van der Waals surface area (Å²) in [7, 11) is 1.67. The van der Waals surface area contributed by atoms with Crippen molar-refractivity contribution in [3.63, 3.8) is 0 Å². The van der Waals surface area contributed by atoms with Crippen LogP contribution < -0.4 is 15.4 Å². The van der Waals surface area contributed by atoms with Gasteiger partial charge in [0, 0.05) is 37.4 Å². The van der Waals surface area contributed by atoms with Gasteiger partial charge in [-0.3, -0.25) is 4.79 Å². The Morgan fingerprint density at radius 3 is 2.80 bits per heavy atom. The molecular formula is C25H30N2O3. The molecule has 0 radical (unpaired) electrons. The predicted molar refractivity (Wildman–Crippen MR) is 119 cm³/mol. The number of carbonyl (C=O) groups excluding carboxylic acids is 1. The maximum Gasteiger partial charge on any atom is 0.251 e. The highest BCUT2D eigenvalue weighted by molar-refractivity contribution is 5.95. The zero-order chi connectivity index (χ0) is 20.9.